The third-order valence-corrected chi connectivity index (χ3v) is 5.43. The molecule has 0 bridgehead atoms. The predicted octanol–water partition coefficient (Wildman–Crippen LogP) is 4.30. The number of carbonyl (C=O) groups excluding carboxylic acids is 2. The second kappa shape index (κ2) is 22.6. The molecule has 0 spiro atoms. The van der Waals surface area contributed by atoms with Crippen LogP contribution in [0.4, 0.5) is 26.3 Å². The summed E-state index contributed by atoms with van der Waals surface area (Å²) >= 11 is 0. The molecule has 2 atom stereocenters. The van der Waals surface area contributed by atoms with Crippen molar-refractivity contribution < 1.29 is 95.9 Å². The van der Waals surface area contributed by atoms with Gasteiger partial charge in [-0.3, -0.25) is 4.79 Å². The van der Waals surface area contributed by atoms with Gasteiger partial charge in [-0.15, -0.1) is 0 Å². The van der Waals surface area contributed by atoms with Crippen molar-refractivity contribution in [3.05, 3.63) is 24.0 Å². The minimum Gasteiger partial charge on any atom is -0.741 e. The zero-order valence-electron chi connectivity index (χ0n) is 25.6. The molecule has 0 amide bonds. The summed E-state index contributed by atoms with van der Waals surface area (Å²) in [4.78, 5) is 23.9. The van der Waals surface area contributed by atoms with E-state index < -0.39 is 54.3 Å². The molecule has 45 heavy (non-hydrogen) atoms. The molecule has 0 fully saturated rings. The van der Waals surface area contributed by atoms with Crippen LogP contribution >= 0.6 is 0 Å². The van der Waals surface area contributed by atoms with Crippen LogP contribution in [-0.4, -0.2) is 67.7 Å². The Hall–Kier alpha value is -1.94. The Morgan fingerprint density at radius 3 is 1.44 bits per heavy atom. The van der Waals surface area contributed by atoms with Crippen LogP contribution in [0, 0.1) is 11.3 Å². The fourth-order valence-corrected chi connectivity index (χ4v) is 2.29. The standard InChI is InChI=1S/C18H28O5.2CHF3O3S.5H3N.Os/c1-12(15(19)23-17(2,3)4)22-14-10-8-9-13(11-14)18(5,6)16(20)21-7;2*2-1(3,4)8(5,6)7;;;;;;/h8,10-13H,9H2,1-7H3;2*(H,5,6,7);5*1H3;/q;;;;;;;;+2/p-2/t12-,13-;;;;;;;;/m1......../s1. The van der Waals surface area contributed by atoms with E-state index in [4.69, 9.17) is 40.2 Å². The van der Waals surface area contributed by atoms with Gasteiger partial charge in [0.15, 0.2) is 26.3 Å². The van der Waals surface area contributed by atoms with E-state index in [-0.39, 0.29) is 62.4 Å². The molecule has 276 valence electrons. The minimum absolute atomic E-state index is 0. The normalized spacial score (nSPS) is 15.0. The first-order valence-corrected chi connectivity index (χ1v) is 13.2. The largest absolute Gasteiger partial charge is 2.00 e. The van der Waals surface area contributed by atoms with E-state index in [9.17, 15) is 35.9 Å². The number of esters is 2. The topological polar surface area (TPSA) is 351 Å². The van der Waals surface area contributed by atoms with Crippen molar-refractivity contribution in [1.82, 2.24) is 30.8 Å². The van der Waals surface area contributed by atoms with Crippen LogP contribution in [0.15, 0.2) is 24.0 Å². The van der Waals surface area contributed by atoms with E-state index in [1.165, 1.54) is 7.11 Å². The number of hydrogen-bond donors (Lipinski definition) is 5. The van der Waals surface area contributed by atoms with Crippen LogP contribution in [0.5, 0.6) is 0 Å². The van der Waals surface area contributed by atoms with Gasteiger partial charge in [0, 0.05) is 0 Å². The average Bonchev–Trinajstić information content (AvgIpc) is 2.70. The van der Waals surface area contributed by atoms with Crippen LogP contribution in [0.3, 0.4) is 0 Å². The third kappa shape index (κ3) is 24.0. The Morgan fingerprint density at radius 1 is 0.844 bits per heavy atom. The van der Waals surface area contributed by atoms with Gasteiger partial charge >= 0.3 is 42.7 Å². The summed E-state index contributed by atoms with van der Waals surface area (Å²) < 4.78 is 134. The van der Waals surface area contributed by atoms with Gasteiger partial charge < -0.3 is 54.1 Å². The number of ether oxygens (including phenoxy) is 3. The number of alkyl halides is 6. The van der Waals surface area contributed by atoms with Crippen molar-refractivity contribution in [2.75, 3.05) is 7.11 Å². The average molecular weight is 898 g/mol. The molecular formula is C20H43F6N5O11OsS2. The van der Waals surface area contributed by atoms with Crippen molar-refractivity contribution in [3.63, 3.8) is 0 Å². The summed E-state index contributed by atoms with van der Waals surface area (Å²) in [5.74, 6) is -0.174. The quantitative estimate of drug-likeness (QED) is 0.111. The SMILES string of the molecule is COC(=O)C(C)(C)[C@H]1C=C(O[C@H](C)C(=O)OC(C)(C)C)C=CC1.N.N.N.N.N.O=S(=O)([O-])C(F)(F)F.O=S(=O)([O-])C(F)(F)F.[Os+2]. The Bertz CT molecular complexity index is 1100. The van der Waals surface area contributed by atoms with Crippen LogP contribution in [0.25, 0.3) is 0 Å². The maximum Gasteiger partial charge on any atom is 2.00 e. The zero-order valence-corrected chi connectivity index (χ0v) is 29.7. The van der Waals surface area contributed by atoms with Crippen molar-refractivity contribution in [1.29, 1.82) is 0 Å². The predicted molar refractivity (Wildman–Crippen MR) is 144 cm³/mol. The number of allylic oxidation sites excluding steroid dienone is 3. The number of rotatable bonds is 5. The maximum absolute atomic E-state index is 12.0. The minimum atomic E-state index is -6.09. The van der Waals surface area contributed by atoms with Gasteiger partial charge in [0.05, 0.1) is 12.5 Å². The molecule has 0 aromatic heterocycles. The second-order valence-electron chi connectivity index (χ2n) is 9.12. The number of carbonyl (C=O) groups is 2. The van der Waals surface area contributed by atoms with E-state index in [0.29, 0.717) is 5.76 Å². The Morgan fingerprint density at radius 2 is 1.18 bits per heavy atom. The van der Waals surface area contributed by atoms with Crippen molar-refractivity contribution in [2.45, 2.75) is 70.7 Å². The number of halogens is 6. The molecule has 1 aliphatic carbocycles. The third-order valence-electron chi connectivity index (χ3n) is 4.29. The Kier molecular flexibility index (Phi) is 31.1. The van der Waals surface area contributed by atoms with Crippen LogP contribution in [0.2, 0.25) is 0 Å². The van der Waals surface area contributed by atoms with Gasteiger partial charge in [-0.05, 0) is 66.0 Å². The molecule has 0 aromatic carbocycles. The van der Waals surface area contributed by atoms with Crippen LogP contribution in [0.1, 0.15) is 48.0 Å². The molecule has 15 N–H and O–H groups in total. The fraction of sp³-hybridized carbons (Fsp3) is 0.700. The first-order valence-electron chi connectivity index (χ1n) is 10.4. The summed E-state index contributed by atoms with van der Waals surface area (Å²) in [6.45, 7) is 10.8. The van der Waals surface area contributed by atoms with Gasteiger partial charge in [-0.1, -0.05) is 6.08 Å². The van der Waals surface area contributed by atoms with E-state index in [1.54, 1.807) is 6.92 Å². The summed E-state index contributed by atoms with van der Waals surface area (Å²) in [5, 5.41) is 0. The molecule has 1 aliphatic rings. The van der Waals surface area contributed by atoms with Crippen molar-refractivity contribution >= 4 is 32.2 Å². The summed E-state index contributed by atoms with van der Waals surface area (Å²) in [6, 6.07) is 0. The number of hydrogen-bond acceptors (Lipinski definition) is 16. The number of methoxy groups -OCH3 is 1. The van der Waals surface area contributed by atoms with E-state index >= 15 is 0 Å². The fourth-order valence-electron chi connectivity index (χ4n) is 2.29. The molecular weight excluding hydrogens is 855 g/mol. The summed E-state index contributed by atoms with van der Waals surface area (Å²) in [5.41, 5.74) is -12.5. The molecule has 0 aliphatic heterocycles. The molecule has 1 rings (SSSR count). The van der Waals surface area contributed by atoms with E-state index in [1.807, 2.05) is 52.8 Å². The van der Waals surface area contributed by atoms with Crippen molar-refractivity contribution in [2.24, 2.45) is 11.3 Å². The molecule has 0 saturated carbocycles. The summed E-state index contributed by atoms with van der Waals surface area (Å²) in [6.07, 6.45) is 5.62. The Balaban J connectivity index is -0.0000000878. The van der Waals surface area contributed by atoms with Gasteiger partial charge in [-0.2, -0.15) is 26.3 Å². The Labute approximate surface area is 271 Å². The summed E-state index contributed by atoms with van der Waals surface area (Å²) in [7, 11) is -10.8. The van der Waals surface area contributed by atoms with Crippen LogP contribution < -0.4 is 30.8 Å². The maximum atomic E-state index is 12.0. The van der Waals surface area contributed by atoms with Gasteiger partial charge in [-0.25, -0.2) is 21.6 Å². The van der Waals surface area contributed by atoms with E-state index in [2.05, 4.69) is 0 Å². The smallest absolute Gasteiger partial charge is 0.741 e. The molecule has 0 aromatic rings. The van der Waals surface area contributed by atoms with Gasteiger partial charge in [0.1, 0.15) is 11.4 Å². The second-order valence-corrected chi connectivity index (χ2v) is 11.9. The first kappa shape index (κ1) is 62.0. The monoisotopic (exact) mass is 899 g/mol. The molecule has 0 unspecified atom stereocenters. The molecule has 25 heteroatoms. The van der Waals surface area contributed by atoms with Crippen molar-refractivity contribution in [3.8, 4) is 0 Å². The van der Waals surface area contributed by atoms with Crippen LogP contribution in [-0.2, 0) is 63.8 Å². The van der Waals surface area contributed by atoms with E-state index in [0.717, 1.165) is 6.42 Å². The molecule has 0 saturated heterocycles. The first-order chi connectivity index (χ1) is 17.0. The zero-order chi connectivity index (χ0) is 31.8. The van der Waals surface area contributed by atoms with Gasteiger partial charge in [0.25, 0.3) is 0 Å². The molecule has 0 heterocycles. The van der Waals surface area contributed by atoms with Gasteiger partial charge in [0.2, 0.25) is 0 Å². The molecule has 16 nitrogen and oxygen atoms in total. The molecule has 0 radical (unpaired) electrons.